The highest BCUT2D eigenvalue weighted by Crippen LogP contribution is 2.32. The molecule has 0 radical (unpaired) electrons. The van der Waals surface area contributed by atoms with E-state index in [4.69, 9.17) is 4.74 Å². The smallest absolute Gasteiger partial charge is 0.215 e. The van der Waals surface area contributed by atoms with Crippen LogP contribution in [0.4, 0.5) is 0 Å². The molecule has 3 rings (SSSR count). The number of benzene rings is 2. The number of nitrogens with one attached hydrogen (secondary N) is 1. The van der Waals surface area contributed by atoms with Crippen molar-refractivity contribution in [3.63, 3.8) is 0 Å². The molecule has 4 nitrogen and oxygen atoms in total. The Morgan fingerprint density at radius 2 is 1.76 bits per heavy atom. The Kier molecular flexibility index (Phi) is 3.94. The van der Waals surface area contributed by atoms with Crippen LogP contribution >= 0.6 is 0 Å². The van der Waals surface area contributed by atoms with Crippen LogP contribution in [0.5, 0.6) is 5.75 Å². The van der Waals surface area contributed by atoms with E-state index in [0.717, 1.165) is 16.9 Å². The molecule has 0 amide bonds. The molecular weight excluding hydrogens is 286 g/mol. The highest BCUT2D eigenvalue weighted by Gasteiger charge is 2.25. The largest absolute Gasteiger partial charge is 0.493 e. The van der Waals surface area contributed by atoms with Crippen LogP contribution in [0.25, 0.3) is 0 Å². The molecular formula is C16H17NO3S. The lowest BCUT2D eigenvalue weighted by Gasteiger charge is -2.11. The molecule has 1 aliphatic rings. The van der Waals surface area contributed by atoms with Gasteiger partial charge in [-0.05, 0) is 11.6 Å². The van der Waals surface area contributed by atoms with Crippen molar-refractivity contribution in [3.05, 3.63) is 65.7 Å². The summed E-state index contributed by atoms with van der Waals surface area (Å²) in [4.78, 5) is 0. The Hall–Kier alpha value is -1.85. The second-order valence-corrected chi connectivity index (χ2v) is 6.95. The number of fused-ring (bicyclic) bond motifs is 1. The van der Waals surface area contributed by atoms with Gasteiger partial charge in [-0.15, -0.1) is 0 Å². The lowest BCUT2D eigenvalue weighted by Crippen LogP contribution is -2.30. The molecule has 2 aromatic rings. The molecule has 1 N–H and O–H groups in total. The molecule has 5 heteroatoms. The van der Waals surface area contributed by atoms with Crippen LogP contribution in [-0.4, -0.2) is 21.6 Å². The average molecular weight is 303 g/mol. The minimum atomic E-state index is -3.33. The summed E-state index contributed by atoms with van der Waals surface area (Å²) in [6.07, 6.45) is 0. The van der Waals surface area contributed by atoms with E-state index in [1.165, 1.54) is 0 Å². The van der Waals surface area contributed by atoms with Gasteiger partial charge in [-0.2, -0.15) is 0 Å². The lowest BCUT2D eigenvalue weighted by atomic mass is 10.0. The summed E-state index contributed by atoms with van der Waals surface area (Å²) >= 11 is 0. The van der Waals surface area contributed by atoms with Crippen molar-refractivity contribution in [1.82, 2.24) is 4.72 Å². The van der Waals surface area contributed by atoms with Crippen molar-refractivity contribution < 1.29 is 13.2 Å². The molecule has 1 unspecified atom stereocenters. The van der Waals surface area contributed by atoms with Crippen molar-refractivity contribution in [2.75, 3.05) is 13.2 Å². The van der Waals surface area contributed by atoms with E-state index < -0.39 is 10.0 Å². The van der Waals surface area contributed by atoms with E-state index in [1.54, 1.807) is 0 Å². The molecule has 0 saturated heterocycles. The lowest BCUT2D eigenvalue weighted by molar-refractivity contribution is 0.330. The average Bonchev–Trinajstić information content (AvgIpc) is 2.89. The second-order valence-electron chi connectivity index (χ2n) is 5.14. The molecule has 0 fully saturated rings. The summed E-state index contributed by atoms with van der Waals surface area (Å²) in [6.45, 7) is 0.888. The fraction of sp³-hybridized carbons (Fsp3) is 0.250. The quantitative estimate of drug-likeness (QED) is 0.922. The molecule has 0 spiro atoms. The van der Waals surface area contributed by atoms with Crippen LogP contribution in [0.2, 0.25) is 0 Å². The van der Waals surface area contributed by atoms with Crippen LogP contribution < -0.4 is 9.46 Å². The van der Waals surface area contributed by atoms with Crippen LogP contribution in [0.15, 0.2) is 54.6 Å². The topological polar surface area (TPSA) is 55.4 Å². The maximum absolute atomic E-state index is 12.1. The number of rotatable bonds is 5. The zero-order valence-corrected chi connectivity index (χ0v) is 12.3. The van der Waals surface area contributed by atoms with Gasteiger partial charge in [-0.25, -0.2) is 13.1 Å². The van der Waals surface area contributed by atoms with Gasteiger partial charge in [0.25, 0.3) is 0 Å². The van der Waals surface area contributed by atoms with Gasteiger partial charge in [-0.3, -0.25) is 0 Å². The van der Waals surface area contributed by atoms with E-state index in [1.807, 2.05) is 54.6 Å². The molecule has 0 saturated carbocycles. The van der Waals surface area contributed by atoms with E-state index in [0.29, 0.717) is 13.2 Å². The minimum absolute atomic E-state index is 0.00304. The van der Waals surface area contributed by atoms with Gasteiger partial charge in [0.1, 0.15) is 5.75 Å². The van der Waals surface area contributed by atoms with Gasteiger partial charge >= 0.3 is 0 Å². The predicted molar refractivity (Wildman–Crippen MR) is 81.7 cm³/mol. The Labute approximate surface area is 124 Å². The first-order valence-corrected chi connectivity index (χ1v) is 8.52. The van der Waals surface area contributed by atoms with Gasteiger partial charge in [0.2, 0.25) is 10.0 Å². The number of hydrogen-bond acceptors (Lipinski definition) is 3. The number of hydrogen-bond donors (Lipinski definition) is 1. The standard InChI is InChI=1S/C16H17NO3S/c18-21(19,12-13-6-2-1-3-7-13)17-10-14-11-20-16-9-5-4-8-15(14)16/h1-9,14,17H,10-12H2. The van der Waals surface area contributed by atoms with Gasteiger partial charge in [0.15, 0.2) is 0 Å². The van der Waals surface area contributed by atoms with Crippen LogP contribution in [0, 0.1) is 0 Å². The third kappa shape index (κ3) is 3.43. The summed E-state index contributed by atoms with van der Waals surface area (Å²) in [7, 11) is -3.33. The zero-order chi connectivity index (χ0) is 14.7. The van der Waals surface area contributed by atoms with E-state index in [-0.39, 0.29) is 11.7 Å². The maximum Gasteiger partial charge on any atom is 0.215 e. The minimum Gasteiger partial charge on any atom is -0.493 e. The third-order valence-electron chi connectivity index (χ3n) is 3.55. The normalized spacial score (nSPS) is 17.2. The SMILES string of the molecule is O=S(=O)(Cc1ccccc1)NCC1COc2ccccc21. The number of ether oxygens (including phenoxy) is 1. The summed E-state index contributed by atoms with van der Waals surface area (Å²) in [5.41, 5.74) is 1.85. The molecule has 0 aliphatic carbocycles. The van der Waals surface area contributed by atoms with Crippen molar-refractivity contribution in [2.24, 2.45) is 0 Å². The Morgan fingerprint density at radius 3 is 2.57 bits per heavy atom. The maximum atomic E-state index is 12.1. The number of para-hydroxylation sites is 1. The Morgan fingerprint density at radius 1 is 1.05 bits per heavy atom. The first kappa shape index (κ1) is 14.1. The van der Waals surface area contributed by atoms with E-state index >= 15 is 0 Å². The third-order valence-corrected chi connectivity index (χ3v) is 4.87. The number of sulfonamides is 1. The Bertz CT molecular complexity index is 713. The molecule has 21 heavy (non-hydrogen) atoms. The fourth-order valence-corrected chi connectivity index (χ4v) is 3.66. The van der Waals surface area contributed by atoms with Gasteiger partial charge in [-0.1, -0.05) is 48.5 Å². The van der Waals surface area contributed by atoms with Crippen molar-refractivity contribution in [3.8, 4) is 5.75 Å². The van der Waals surface area contributed by atoms with Crippen molar-refractivity contribution in [2.45, 2.75) is 11.7 Å². The van der Waals surface area contributed by atoms with Crippen molar-refractivity contribution >= 4 is 10.0 Å². The molecule has 1 heterocycles. The summed E-state index contributed by atoms with van der Waals surface area (Å²) < 4.78 is 32.5. The first-order valence-electron chi connectivity index (χ1n) is 6.87. The second kappa shape index (κ2) is 5.87. The molecule has 110 valence electrons. The Balaban J connectivity index is 1.63. The van der Waals surface area contributed by atoms with Crippen molar-refractivity contribution in [1.29, 1.82) is 0 Å². The van der Waals surface area contributed by atoms with E-state index in [2.05, 4.69) is 4.72 Å². The van der Waals surface area contributed by atoms with Gasteiger partial charge < -0.3 is 4.74 Å². The van der Waals surface area contributed by atoms with Crippen LogP contribution in [0.1, 0.15) is 17.0 Å². The molecule has 1 aliphatic heterocycles. The highest BCUT2D eigenvalue weighted by molar-refractivity contribution is 7.88. The molecule has 0 aromatic heterocycles. The zero-order valence-electron chi connectivity index (χ0n) is 11.5. The molecule has 2 aromatic carbocycles. The molecule has 1 atom stereocenters. The van der Waals surface area contributed by atoms with E-state index in [9.17, 15) is 8.42 Å². The van der Waals surface area contributed by atoms with Crippen LogP contribution in [-0.2, 0) is 15.8 Å². The summed E-state index contributed by atoms with van der Waals surface area (Å²) in [6, 6.07) is 16.9. The fourth-order valence-electron chi connectivity index (χ4n) is 2.47. The van der Waals surface area contributed by atoms with Crippen LogP contribution in [0.3, 0.4) is 0 Å². The summed E-state index contributed by atoms with van der Waals surface area (Å²) in [5, 5.41) is 0. The summed E-state index contributed by atoms with van der Waals surface area (Å²) in [5.74, 6) is 0.930. The molecule has 0 bridgehead atoms. The van der Waals surface area contributed by atoms with Gasteiger partial charge in [0, 0.05) is 18.0 Å². The monoisotopic (exact) mass is 303 g/mol. The highest BCUT2D eigenvalue weighted by atomic mass is 32.2. The first-order chi connectivity index (χ1) is 10.1. The predicted octanol–water partition coefficient (Wildman–Crippen LogP) is 2.28. The van der Waals surface area contributed by atoms with Gasteiger partial charge in [0.05, 0.1) is 12.4 Å².